The van der Waals surface area contributed by atoms with E-state index < -0.39 is 6.10 Å². The fraction of sp³-hybridized carbons (Fsp3) is 0.188. The third kappa shape index (κ3) is 2.95. The Balaban J connectivity index is 1.74. The number of fused-ring (bicyclic) bond motifs is 1. The first-order valence-corrected chi connectivity index (χ1v) is 6.97. The number of ether oxygens (including phenoxy) is 2. The van der Waals surface area contributed by atoms with E-state index in [4.69, 9.17) is 21.1 Å². The summed E-state index contributed by atoms with van der Waals surface area (Å²) in [6.45, 7) is 2.09. The third-order valence-corrected chi connectivity index (χ3v) is 3.49. The van der Waals surface area contributed by atoms with E-state index in [-0.39, 0.29) is 12.5 Å². The van der Waals surface area contributed by atoms with Gasteiger partial charge >= 0.3 is 0 Å². The molecule has 0 spiro atoms. The molecule has 0 saturated carbocycles. The zero-order valence-electron chi connectivity index (χ0n) is 11.4. The lowest BCUT2D eigenvalue weighted by Crippen LogP contribution is -2.40. The molecule has 5 heteroatoms. The summed E-state index contributed by atoms with van der Waals surface area (Å²) >= 11 is 5.95. The van der Waals surface area contributed by atoms with Gasteiger partial charge in [-0.1, -0.05) is 29.8 Å². The summed E-state index contributed by atoms with van der Waals surface area (Å²) in [6.07, 6.45) is -0.682. The predicted molar refractivity (Wildman–Crippen MR) is 81.2 cm³/mol. The fourth-order valence-corrected chi connectivity index (χ4v) is 2.26. The van der Waals surface area contributed by atoms with Gasteiger partial charge in [-0.05, 0) is 36.8 Å². The monoisotopic (exact) mass is 303 g/mol. The molecule has 0 fully saturated rings. The Bertz CT molecular complexity index is 687. The molecule has 1 aliphatic rings. The van der Waals surface area contributed by atoms with E-state index >= 15 is 0 Å². The maximum atomic E-state index is 12.3. The minimum atomic E-state index is -0.682. The number of amides is 1. The average molecular weight is 304 g/mol. The highest BCUT2D eigenvalue weighted by Gasteiger charge is 2.27. The lowest BCUT2D eigenvalue weighted by Gasteiger charge is -2.25. The largest absolute Gasteiger partial charge is 0.485 e. The minimum absolute atomic E-state index is 0.183. The predicted octanol–water partition coefficient (Wildman–Crippen LogP) is 3.43. The third-order valence-electron chi connectivity index (χ3n) is 3.26. The molecule has 0 radical (unpaired) electrons. The quantitative estimate of drug-likeness (QED) is 0.924. The highest BCUT2D eigenvalue weighted by molar-refractivity contribution is 6.31. The second kappa shape index (κ2) is 5.66. The van der Waals surface area contributed by atoms with Gasteiger partial charge in [0, 0.05) is 10.7 Å². The lowest BCUT2D eigenvalue weighted by atomic mass is 10.2. The van der Waals surface area contributed by atoms with E-state index in [1.165, 1.54) is 0 Å². The molecule has 108 valence electrons. The molecule has 0 aromatic heterocycles. The van der Waals surface area contributed by atoms with Crippen LogP contribution in [-0.2, 0) is 4.79 Å². The molecule has 0 aliphatic carbocycles. The molecule has 1 atom stereocenters. The zero-order valence-corrected chi connectivity index (χ0v) is 12.2. The van der Waals surface area contributed by atoms with Crippen molar-refractivity contribution >= 4 is 23.2 Å². The van der Waals surface area contributed by atoms with Crippen molar-refractivity contribution < 1.29 is 14.3 Å². The van der Waals surface area contributed by atoms with Crippen LogP contribution in [0.2, 0.25) is 5.02 Å². The zero-order chi connectivity index (χ0) is 14.8. The second-order valence-electron chi connectivity index (χ2n) is 4.81. The molecule has 3 rings (SSSR count). The molecular formula is C16H14ClNO3. The summed E-state index contributed by atoms with van der Waals surface area (Å²) in [5.41, 5.74) is 1.61. The molecular weight excluding hydrogens is 290 g/mol. The molecule has 2 aromatic rings. The number of benzene rings is 2. The van der Waals surface area contributed by atoms with Crippen molar-refractivity contribution in [2.45, 2.75) is 13.0 Å². The van der Waals surface area contributed by atoms with Gasteiger partial charge in [0.2, 0.25) is 6.10 Å². The highest BCUT2D eigenvalue weighted by Crippen LogP contribution is 2.31. The number of halogens is 1. The van der Waals surface area contributed by atoms with Crippen molar-refractivity contribution in [2.24, 2.45) is 0 Å². The van der Waals surface area contributed by atoms with Crippen molar-refractivity contribution in [1.82, 2.24) is 0 Å². The van der Waals surface area contributed by atoms with Crippen molar-refractivity contribution in [2.75, 3.05) is 11.9 Å². The lowest BCUT2D eigenvalue weighted by molar-refractivity contribution is -0.125. The van der Waals surface area contributed by atoms with Gasteiger partial charge in [-0.3, -0.25) is 4.79 Å². The molecule has 1 N–H and O–H groups in total. The van der Waals surface area contributed by atoms with Gasteiger partial charge in [-0.15, -0.1) is 0 Å². The number of rotatable bonds is 2. The molecule has 0 bridgehead atoms. The minimum Gasteiger partial charge on any atom is -0.485 e. The van der Waals surface area contributed by atoms with E-state index in [0.717, 1.165) is 5.56 Å². The first-order chi connectivity index (χ1) is 10.1. The normalized spacial score (nSPS) is 16.4. The Kier molecular flexibility index (Phi) is 3.71. The maximum absolute atomic E-state index is 12.3. The van der Waals surface area contributed by atoms with Crippen molar-refractivity contribution in [1.29, 1.82) is 0 Å². The van der Waals surface area contributed by atoms with Gasteiger partial charge in [0.25, 0.3) is 5.91 Å². The maximum Gasteiger partial charge on any atom is 0.269 e. The van der Waals surface area contributed by atoms with Crippen LogP contribution in [0.15, 0.2) is 42.5 Å². The van der Waals surface area contributed by atoms with Crippen LogP contribution in [0.1, 0.15) is 5.56 Å². The molecule has 0 saturated heterocycles. The average Bonchev–Trinajstić information content (AvgIpc) is 2.50. The number of aryl methyl sites for hydroxylation is 1. The topological polar surface area (TPSA) is 47.6 Å². The fourth-order valence-electron chi connectivity index (χ4n) is 2.09. The van der Waals surface area contributed by atoms with Crippen LogP contribution in [0.5, 0.6) is 11.5 Å². The van der Waals surface area contributed by atoms with Gasteiger partial charge in [-0.2, -0.15) is 0 Å². The van der Waals surface area contributed by atoms with Gasteiger partial charge in [-0.25, -0.2) is 0 Å². The number of carbonyl (C=O) groups is 1. The molecule has 4 nitrogen and oxygen atoms in total. The van der Waals surface area contributed by atoms with Gasteiger partial charge in [0.1, 0.15) is 6.61 Å². The van der Waals surface area contributed by atoms with Crippen LogP contribution in [0.3, 0.4) is 0 Å². The summed E-state index contributed by atoms with van der Waals surface area (Å²) in [4.78, 5) is 12.3. The number of hydrogen-bond acceptors (Lipinski definition) is 3. The Hall–Kier alpha value is -2.20. The molecule has 21 heavy (non-hydrogen) atoms. The summed E-state index contributed by atoms with van der Waals surface area (Å²) in [7, 11) is 0. The number of nitrogens with one attached hydrogen (secondary N) is 1. The SMILES string of the molecule is Cc1ccc(Cl)cc1NC(=O)[C@@H]1COc2ccccc2O1. The summed E-state index contributed by atoms with van der Waals surface area (Å²) in [5.74, 6) is 0.974. The Morgan fingerprint density at radius 3 is 2.81 bits per heavy atom. The molecule has 0 unspecified atom stereocenters. The molecule has 1 amide bonds. The number of anilines is 1. The molecule has 1 heterocycles. The Labute approximate surface area is 127 Å². The Morgan fingerprint density at radius 2 is 2.00 bits per heavy atom. The van der Waals surface area contributed by atoms with E-state index in [9.17, 15) is 4.79 Å². The molecule has 2 aromatic carbocycles. The van der Waals surface area contributed by atoms with Crippen molar-refractivity contribution in [3.8, 4) is 11.5 Å². The van der Waals surface area contributed by atoms with E-state index in [2.05, 4.69) is 5.32 Å². The summed E-state index contributed by atoms with van der Waals surface area (Å²) in [6, 6.07) is 12.6. The highest BCUT2D eigenvalue weighted by atomic mass is 35.5. The van der Waals surface area contributed by atoms with Crippen LogP contribution >= 0.6 is 11.6 Å². The van der Waals surface area contributed by atoms with E-state index in [0.29, 0.717) is 22.2 Å². The van der Waals surface area contributed by atoms with Gasteiger partial charge in [0.15, 0.2) is 11.5 Å². The first kappa shape index (κ1) is 13.8. The van der Waals surface area contributed by atoms with Crippen LogP contribution in [0.25, 0.3) is 0 Å². The Morgan fingerprint density at radius 1 is 1.24 bits per heavy atom. The van der Waals surface area contributed by atoms with E-state index in [1.54, 1.807) is 18.2 Å². The standard InChI is InChI=1S/C16H14ClNO3/c1-10-6-7-11(17)8-12(10)18-16(19)15-9-20-13-4-2-3-5-14(13)21-15/h2-8,15H,9H2,1H3,(H,18,19)/t15-/m0/s1. The van der Waals surface area contributed by atoms with Gasteiger partial charge in [0.05, 0.1) is 0 Å². The summed E-state index contributed by atoms with van der Waals surface area (Å²) in [5, 5.41) is 3.39. The van der Waals surface area contributed by atoms with E-state index in [1.807, 2.05) is 31.2 Å². The van der Waals surface area contributed by atoms with Crippen LogP contribution in [-0.4, -0.2) is 18.6 Å². The van der Waals surface area contributed by atoms with Crippen LogP contribution in [0, 0.1) is 6.92 Å². The summed E-state index contributed by atoms with van der Waals surface area (Å²) < 4.78 is 11.2. The smallest absolute Gasteiger partial charge is 0.269 e. The second-order valence-corrected chi connectivity index (χ2v) is 5.25. The number of carbonyl (C=O) groups excluding carboxylic acids is 1. The number of hydrogen-bond donors (Lipinski definition) is 1. The van der Waals surface area contributed by atoms with Crippen LogP contribution < -0.4 is 14.8 Å². The number of para-hydroxylation sites is 2. The molecule has 1 aliphatic heterocycles. The van der Waals surface area contributed by atoms with Crippen molar-refractivity contribution in [3.63, 3.8) is 0 Å². The first-order valence-electron chi connectivity index (χ1n) is 6.59. The van der Waals surface area contributed by atoms with Crippen molar-refractivity contribution in [3.05, 3.63) is 53.1 Å². The van der Waals surface area contributed by atoms with Crippen LogP contribution in [0.4, 0.5) is 5.69 Å². The van der Waals surface area contributed by atoms with Gasteiger partial charge < -0.3 is 14.8 Å².